The normalized spacial score (nSPS) is 18.3. The number of aliphatic carboxylic acids is 1. The van der Waals surface area contributed by atoms with E-state index in [4.69, 9.17) is 5.11 Å². The molecular weight excluding hydrogens is 264 g/mol. The second-order valence-corrected chi connectivity index (χ2v) is 4.90. The molecule has 8 nitrogen and oxygen atoms in total. The molecule has 1 fully saturated rings. The maximum atomic E-state index is 11.9. The maximum absolute atomic E-state index is 11.9. The minimum atomic E-state index is -0.972. The number of likely N-dealkylation sites (tertiary alicyclic amines) is 1. The van der Waals surface area contributed by atoms with Crippen LogP contribution in [0.5, 0.6) is 0 Å². The smallest absolute Gasteiger partial charge is 0.326 e. The molecule has 0 bridgehead atoms. The Morgan fingerprint density at radius 3 is 2.45 bits per heavy atom. The summed E-state index contributed by atoms with van der Waals surface area (Å²) in [6.45, 7) is 1.02. The van der Waals surface area contributed by atoms with Gasteiger partial charge in [0.25, 0.3) is 0 Å². The summed E-state index contributed by atoms with van der Waals surface area (Å²) in [5.74, 6) is -0.972. The molecule has 0 radical (unpaired) electrons. The Balaban J connectivity index is 2.34. The maximum Gasteiger partial charge on any atom is 0.326 e. The Morgan fingerprint density at radius 1 is 1.20 bits per heavy atom. The highest BCUT2D eigenvalue weighted by molar-refractivity contribution is 5.82. The molecule has 0 aromatic rings. The fourth-order valence-corrected chi connectivity index (χ4v) is 2.03. The summed E-state index contributed by atoms with van der Waals surface area (Å²) in [5.41, 5.74) is 0. The highest BCUT2D eigenvalue weighted by Crippen LogP contribution is 2.16. The Morgan fingerprint density at radius 2 is 1.85 bits per heavy atom. The predicted octanol–water partition coefficient (Wildman–Crippen LogP) is -0.0937. The Labute approximate surface area is 118 Å². The second kappa shape index (κ2) is 7.56. The first-order valence-corrected chi connectivity index (χ1v) is 6.66. The lowest BCUT2D eigenvalue weighted by molar-refractivity contribution is -0.143. The van der Waals surface area contributed by atoms with E-state index >= 15 is 0 Å². The molecule has 0 aromatic carbocycles. The average Bonchev–Trinajstić information content (AvgIpc) is 2.42. The van der Waals surface area contributed by atoms with Crippen molar-refractivity contribution >= 4 is 18.0 Å². The van der Waals surface area contributed by atoms with Crippen LogP contribution < -0.4 is 10.6 Å². The van der Waals surface area contributed by atoms with Crippen LogP contribution >= 0.6 is 0 Å². The molecule has 1 aliphatic rings. The highest BCUT2D eigenvalue weighted by atomic mass is 16.4. The minimum Gasteiger partial charge on any atom is -0.480 e. The fourth-order valence-electron chi connectivity index (χ4n) is 2.03. The SMILES string of the molecule is CN(C)C(=O)NCCNC(=O)N1CCCCC1C(=O)O. The van der Waals surface area contributed by atoms with E-state index in [1.165, 1.54) is 9.80 Å². The summed E-state index contributed by atoms with van der Waals surface area (Å²) in [5, 5.41) is 14.3. The first-order chi connectivity index (χ1) is 9.43. The van der Waals surface area contributed by atoms with Crippen LogP contribution in [0.15, 0.2) is 0 Å². The average molecular weight is 286 g/mol. The number of carboxylic acid groups (broad SMARTS) is 1. The molecule has 1 atom stereocenters. The van der Waals surface area contributed by atoms with E-state index < -0.39 is 18.0 Å². The number of carboxylic acids is 1. The van der Waals surface area contributed by atoms with Gasteiger partial charge in [0.05, 0.1) is 0 Å². The van der Waals surface area contributed by atoms with E-state index in [-0.39, 0.29) is 12.6 Å². The number of nitrogens with one attached hydrogen (secondary N) is 2. The molecule has 1 aliphatic heterocycles. The lowest BCUT2D eigenvalue weighted by Gasteiger charge is -2.32. The van der Waals surface area contributed by atoms with Crippen molar-refractivity contribution in [3.63, 3.8) is 0 Å². The minimum absolute atomic E-state index is 0.236. The van der Waals surface area contributed by atoms with E-state index in [2.05, 4.69) is 10.6 Å². The number of piperidine rings is 1. The van der Waals surface area contributed by atoms with Crippen LogP contribution in [0.3, 0.4) is 0 Å². The van der Waals surface area contributed by atoms with Gasteiger partial charge in [0.1, 0.15) is 6.04 Å². The van der Waals surface area contributed by atoms with Crippen molar-refractivity contribution in [1.29, 1.82) is 0 Å². The number of amides is 4. The molecule has 1 saturated heterocycles. The van der Waals surface area contributed by atoms with Crippen molar-refractivity contribution in [1.82, 2.24) is 20.4 Å². The van der Waals surface area contributed by atoms with Gasteiger partial charge in [-0.05, 0) is 19.3 Å². The van der Waals surface area contributed by atoms with Crippen LogP contribution in [0.2, 0.25) is 0 Å². The molecule has 8 heteroatoms. The standard InChI is InChI=1S/C12H22N4O4/c1-15(2)11(19)13-6-7-14-12(20)16-8-4-3-5-9(16)10(17)18/h9H,3-8H2,1-2H3,(H,13,19)(H,14,20)(H,17,18). The van der Waals surface area contributed by atoms with Crippen LogP contribution in [0.25, 0.3) is 0 Å². The number of carbonyl (C=O) groups is 3. The van der Waals surface area contributed by atoms with Crippen molar-refractivity contribution < 1.29 is 19.5 Å². The summed E-state index contributed by atoms with van der Waals surface area (Å²) in [4.78, 5) is 37.0. The third-order valence-corrected chi connectivity index (χ3v) is 3.13. The van der Waals surface area contributed by atoms with Gasteiger partial charge in [-0.15, -0.1) is 0 Å². The molecule has 3 N–H and O–H groups in total. The molecule has 0 aromatic heterocycles. The van der Waals surface area contributed by atoms with E-state index in [0.29, 0.717) is 19.5 Å². The molecule has 114 valence electrons. The van der Waals surface area contributed by atoms with Gasteiger partial charge in [0, 0.05) is 33.7 Å². The van der Waals surface area contributed by atoms with Gasteiger partial charge in [-0.1, -0.05) is 0 Å². The van der Waals surface area contributed by atoms with E-state index in [0.717, 1.165) is 12.8 Å². The molecule has 0 spiro atoms. The molecular formula is C12H22N4O4. The number of hydrogen-bond acceptors (Lipinski definition) is 3. The summed E-state index contributed by atoms with van der Waals surface area (Å²) in [7, 11) is 3.25. The van der Waals surface area contributed by atoms with Crippen LogP contribution in [0.4, 0.5) is 9.59 Å². The molecule has 4 amide bonds. The number of urea groups is 2. The van der Waals surface area contributed by atoms with Crippen LogP contribution in [0.1, 0.15) is 19.3 Å². The molecule has 20 heavy (non-hydrogen) atoms. The fraction of sp³-hybridized carbons (Fsp3) is 0.750. The third-order valence-electron chi connectivity index (χ3n) is 3.13. The Hall–Kier alpha value is -1.99. The molecule has 1 unspecified atom stereocenters. The van der Waals surface area contributed by atoms with Crippen LogP contribution in [0, 0.1) is 0 Å². The highest BCUT2D eigenvalue weighted by Gasteiger charge is 2.31. The van der Waals surface area contributed by atoms with Gasteiger partial charge in [0.15, 0.2) is 0 Å². The van der Waals surface area contributed by atoms with E-state index in [9.17, 15) is 14.4 Å². The molecule has 1 heterocycles. The first-order valence-electron chi connectivity index (χ1n) is 6.66. The van der Waals surface area contributed by atoms with Gasteiger partial charge in [0.2, 0.25) is 0 Å². The number of rotatable bonds is 4. The zero-order chi connectivity index (χ0) is 15.1. The van der Waals surface area contributed by atoms with Crippen molar-refractivity contribution in [2.24, 2.45) is 0 Å². The quantitative estimate of drug-likeness (QED) is 0.628. The zero-order valence-electron chi connectivity index (χ0n) is 11.9. The first kappa shape index (κ1) is 16.1. The van der Waals surface area contributed by atoms with Crippen molar-refractivity contribution in [3.05, 3.63) is 0 Å². The van der Waals surface area contributed by atoms with Crippen LogP contribution in [-0.4, -0.2) is 72.7 Å². The van der Waals surface area contributed by atoms with E-state index in [1.54, 1.807) is 14.1 Å². The summed E-state index contributed by atoms with van der Waals surface area (Å²) >= 11 is 0. The van der Waals surface area contributed by atoms with Gasteiger partial charge in [-0.25, -0.2) is 14.4 Å². The van der Waals surface area contributed by atoms with Crippen molar-refractivity contribution in [2.45, 2.75) is 25.3 Å². The zero-order valence-corrected chi connectivity index (χ0v) is 11.9. The van der Waals surface area contributed by atoms with Gasteiger partial charge < -0.3 is 25.5 Å². The second-order valence-electron chi connectivity index (χ2n) is 4.90. The third kappa shape index (κ3) is 4.60. The largest absolute Gasteiger partial charge is 0.480 e. The van der Waals surface area contributed by atoms with Gasteiger partial charge in [-0.2, -0.15) is 0 Å². The topological polar surface area (TPSA) is 102 Å². The molecule has 0 aliphatic carbocycles. The summed E-state index contributed by atoms with van der Waals surface area (Å²) in [6.07, 6.45) is 2.12. The summed E-state index contributed by atoms with van der Waals surface area (Å²) < 4.78 is 0. The number of nitrogens with zero attached hydrogens (tertiary/aromatic N) is 2. The lowest BCUT2D eigenvalue weighted by Crippen LogP contribution is -2.52. The van der Waals surface area contributed by atoms with Gasteiger partial charge in [-0.3, -0.25) is 0 Å². The van der Waals surface area contributed by atoms with E-state index in [1.807, 2.05) is 0 Å². The Kier molecular flexibility index (Phi) is 6.08. The lowest BCUT2D eigenvalue weighted by atomic mass is 10.0. The van der Waals surface area contributed by atoms with Gasteiger partial charge >= 0.3 is 18.0 Å². The monoisotopic (exact) mass is 286 g/mol. The number of carbonyl (C=O) groups excluding carboxylic acids is 2. The Bertz CT molecular complexity index is 372. The molecule has 1 rings (SSSR count). The number of hydrogen-bond donors (Lipinski definition) is 3. The summed E-state index contributed by atoms with van der Waals surface area (Å²) in [6, 6.07) is -1.38. The van der Waals surface area contributed by atoms with Crippen LogP contribution in [-0.2, 0) is 4.79 Å². The van der Waals surface area contributed by atoms with Crippen molar-refractivity contribution in [2.75, 3.05) is 33.7 Å². The predicted molar refractivity (Wildman–Crippen MR) is 72.5 cm³/mol. The molecule has 0 saturated carbocycles. The van der Waals surface area contributed by atoms with Crippen molar-refractivity contribution in [3.8, 4) is 0 Å².